The van der Waals surface area contributed by atoms with E-state index in [2.05, 4.69) is 44.7 Å². The normalized spacial score (nSPS) is 15.4. The largest absolute Gasteiger partial charge is 0.378 e. The lowest BCUT2D eigenvalue weighted by Gasteiger charge is -2.28. The second kappa shape index (κ2) is 8.05. The zero-order valence-electron chi connectivity index (χ0n) is 14.3. The van der Waals surface area contributed by atoms with E-state index >= 15 is 0 Å². The van der Waals surface area contributed by atoms with Crippen molar-refractivity contribution in [3.63, 3.8) is 0 Å². The fraction of sp³-hybridized carbons (Fsp3) is 0.588. The average molecular weight is 350 g/mol. The van der Waals surface area contributed by atoms with Gasteiger partial charge in [0.25, 0.3) is 0 Å². The smallest absolute Gasteiger partial charge is 0.225 e. The van der Waals surface area contributed by atoms with Gasteiger partial charge in [0.05, 0.1) is 18.7 Å². The van der Waals surface area contributed by atoms with E-state index in [9.17, 15) is 0 Å². The number of aromatic nitrogens is 3. The number of morpholine rings is 1. The molecule has 0 saturated carbocycles. The van der Waals surface area contributed by atoms with Crippen molar-refractivity contribution in [2.45, 2.75) is 26.8 Å². The Morgan fingerprint density at radius 3 is 2.75 bits per heavy atom. The van der Waals surface area contributed by atoms with Crippen molar-refractivity contribution in [3.05, 3.63) is 23.1 Å². The Kier molecular flexibility index (Phi) is 5.81. The van der Waals surface area contributed by atoms with Gasteiger partial charge in [-0.3, -0.25) is 9.88 Å². The van der Waals surface area contributed by atoms with Crippen LogP contribution in [0.15, 0.2) is 12.3 Å². The maximum absolute atomic E-state index is 6.16. The summed E-state index contributed by atoms with van der Waals surface area (Å²) in [6.45, 7) is 10.4. The molecule has 7 heteroatoms. The fourth-order valence-corrected chi connectivity index (χ4v) is 3.19. The minimum absolute atomic E-state index is 0.267. The van der Waals surface area contributed by atoms with Crippen LogP contribution in [0.1, 0.15) is 25.8 Å². The molecule has 1 saturated heterocycles. The van der Waals surface area contributed by atoms with E-state index in [-0.39, 0.29) is 5.28 Å². The molecule has 2 aromatic heterocycles. The molecular formula is C17H24ClN5O. The predicted octanol–water partition coefficient (Wildman–Crippen LogP) is 2.75. The van der Waals surface area contributed by atoms with Gasteiger partial charge in [-0.1, -0.05) is 13.8 Å². The Morgan fingerprint density at radius 1 is 1.25 bits per heavy atom. The van der Waals surface area contributed by atoms with Crippen LogP contribution in [0.3, 0.4) is 0 Å². The van der Waals surface area contributed by atoms with E-state index in [0.717, 1.165) is 61.6 Å². The maximum atomic E-state index is 6.16. The van der Waals surface area contributed by atoms with Crippen molar-refractivity contribution in [2.24, 2.45) is 0 Å². The van der Waals surface area contributed by atoms with Crippen LogP contribution in [0.2, 0.25) is 5.28 Å². The molecule has 0 aromatic carbocycles. The summed E-state index contributed by atoms with van der Waals surface area (Å²) in [5, 5.41) is 0.267. The zero-order chi connectivity index (χ0) is 16.9. The molecule has 0 atom stereocenters. The molecule has 0 aliphatic carbocycles. The molecule has 0 amide bonds. The highest BCUT2D eigenvalue weighted by molar-refractivity contribution is 6.28. The fourth-order valence-electron chi connectivity index (χ4n) is 3.02. The van der Waals surface area contributed by atoms with Crippen molar-refractivity contribution in [3.8, 4) is 0 Å². The highest BCUT2D eigenvalue weighted by atomic mass is 35.5. The van der Waals surface area contributed by atoms with Crippen LogP contribution < -0.4 is 4.90 Å². The van der Waals surface area contributed by atoms with Crippen molar-refractivity contribution in [1.82, 2.24) is 19.9 Å². The number of rotatable bonds is 6. The molecule has 130 valence electrons. The maximum Gasteiger partial charge on any atom is 0.225 e. The summed E-state index contributed by atoms with van der Waals surface area (Å²) in [6.07, 6.45) is 3.08. The average Bonchev–Trinajstić information content (AvgIpc) is 2.61. The third kappa shape index (κ3) is 3.94. The van der Waals surface area contributed by atoms with Gasteiger partial charge in [0.2, 0.25) is 5.28 Å². The standard InChI is InChI=1S/C17H24ClN5O/c1-3-5-22(4-2)12-13-10-14-15(19-11-13)16(21-17(18)20-14)23-6-8-24-9-7-23/h10-11H,3-9,12H2,1-2H3. The Labute approximate surface area is 147 Å². The first kappa shape index (κ1) is 17.3. The van der Waals surface area contributed by atoms with E-state index in [4.69, 9.17) is 16.3 Å². The summed E-state index contributed by atoms with van der Waals surface area (Å²) in [4.78, 5) is 18.0. The predicted molar refractivity (Wildman–Crippen MR) is 96.6 cm³/mol. The monoisotopic (exact) mass is 349 g/mol. The second-order valence-electron chi connectivity index (χ2n) is 6.00. The first-order valence-corrected chi connectivity index (χ1v) is 8.96. The number of hydrogen-bond donors (Lipinski definition) is 0. The van der Waals surface area contributed by atoms with Crippen LogP contribution in [0.5, 0.6) is 0 Å². The van der Waals surface area contributed by atoms with Crippen LogP contribution in [0.4, 0.5) is 5.82 Å². The Hall–Kier alpha value is -1.50. The molecule has 6 nitrogen and oxygen atoms in total. The molecule has 2 aromatic rings. The van der Waals surface area contributed by atoms with Crippen molar-refractivity contribution < 1.29 is 4.74 Å². The topological polar surface area (TPSA) is 54.4 Å². The van der Waals surface area contributed by atoms with Crippen LogP contribution in [0.25, 0.3) is 11.0 Å². The van der Waals surface area contributed by atoms with Crippen LogP contribution in [-0.2, 0) is 11.3 Å². The van der Waals surface area contributed by atoms with Gasteiger partial charge in [0.1, 0.15) is 5.52 Å². The van der Waals surface area contributed by atoms with Crippen LogP contribution in [0, 0.1) is 0 Å². The van der Waals surface area contributed by atoms with Gasteiger partial charge in [-0.25, -0.2) is 4.98 Å². The summed E-state index contributed by atoms with van der Waals surface area (Å²) >= 11 is 6.16. The van der Waals surface area contributed by atoms with E-state index in [1.807, 2.05) is 6.20 Å². The van der Waals surface area contributed by atoms with Gasteiger partial charge in [-0.05, 0) is 42.7 Å². The number of nitrogens with zero attached hydrogens (tertiary/aromatic N) is 5. The SMILES string of the molecule is CCCN(CC)Cc1cnc2c(N3CCOCC3)nc(Cl)nc2c1. The third-order valence-electron chi connectivity index (χ3n) is 4.25. The van der Waals surface area contributed by atoms with Crippen molar-refractivity contribution in [2.75, 3.05) is 44.3 Å². The number of halogens is 1. The van der Waals surface area contributed by atoms with Gasteiger partial charge in [-0.2, -0.15) is 4.98 Å². The third-order valence-corrected chi connectivity index (χ3v) is 4.42. The highest BCUT2D eigenvalue weighted by Gasteiger charge is 2.18. The van der Waals surface area contributed by atoms with Crippen molar-refractivity contribution in [1.29, 1.82) is 0 Å². The number of fused-ring (bicyclic) bond motifs is 1. The molecule has 3 rings (SSSR count). The molecule has 0 N–H and O–H groups in total. The minimum Gasteiger partial charge on any atom is -0.378 e. The van der Waals surface area contributed by atoms with Gasteiger partial charge in [-0.15, -0.1) is 0 Å². The molecule has 0 spiro atoms. The summed E-state index contributed by atoms with van der Waals surface area (Å²) in [7, 11) is 0. The molecule has 1 aliphatic heterocycles. The molecule has 1 aliphatic rings. The molecular weight excluding hydrogens is 326 g/mol. The van der Waals surface area contributed by atoms with Crippen LogP contribution in [-0.4, -0.2) is 59.2 Å². The molecule has 3 heterocycles. The van der Waals surface area contributed by atoms with Crippen molar-refractivity contribution >= 4 is 28.5 Å². The lowest BCUT2D eigenvalue weighted by Crippen LogP contribution is -2.37. The lowest BCUT2D eigenvalue weighted by molar-refractivity contribution is 0.122. The summed E-state index contributed by atoms with van der Waals surface area (Å²) in [5.74, 6) is 0.806. The molecule has 0 unspecified atom stereocenters. The Bertz CT molecular complexity index is 690. The molecule has 24 heavy (non-hydrogen) atoms. The van der Waals surface area contributed by atoms with Crippen LogP contribution >= 0.6 is 11.6 Å². The quantitative estimate of drug-likeness (QED) is 0.747. The lowest BCUT2D eigenvalue weighted by atomic mass is 10.2. The number of hydrogen-bond acceptors (Lipinski definition) is 6. The first-order chi connectivity index (χ1) is 11.7. The first-order valence-electron chi connectivity index (χ1n) is 8.58. The van der Waals surface area contributed by atoms with Gasteiger partial charge >= 0.3 is 0 Å². The van der Waals surface area contributed by atoms with Gasteiger partial charge < -0.3 is 9.64 Å². The molecule has 0 bridgehead atoms. The minimum atomic E-state index is 0.267. The summed E-state index contributed by atoms with van der Waals surface area (Å²) in [6, 6.07) is 2.08. The summed E-state index contributed by atoms with van der Waals surface area (Å²) in [5.41, 5.74) is 2.77. The second-order valence-corrected chi connectivity index (χ2v) is 6.33. The Balaban J connectivity index is 1.92. The van der Waals surface area contributed by atoms with E-state index in [1.54, 1.807) is 0 Å². The number of ether oxygens (including phenoxy) is 1. The van der Waals surface area contributed by atoms with E-state index in [1.165, 1.54) is 0 Å². The van der Waals surface area contributed by atoms with E-state index < -0.39 is 0 Å². The molecule has 0 radical (unpaired) electrons. The Morgan fingerprint density at radius 2 is 2.04 bits per heavy atom. The summed E-state index contributed by atoms with van der Waals surface area (Å²) < 4.78 is 5.42. The van der Waals surface area contributed by atoms with Gasteiger partial charge in [0, 0.05) is 25.8 Å². The zero-order valence-corrected chi connectivity index (χ0v) is 15.1. The number of anilines is 1. The van der Waals surface area contributed by atoms with Gasteiger partial charge in [0.15, 0.2) is 5.82 Å². The molecule has 1 fully saturated rings. The highest BCUT2D eigenvalue weighted by Crippen LogP contribution is 2.25. The van der Waals surface area contributed by atoms with E-state index in [0.29, 0.717) is 13.2 Å². The number of pyridine rings is 1.